The van der Waals surface area contributed by atoms with Crippen LogP contribution >= 0.6 is 11.6 Å². The van der Waals surface area contributed by atoms with E-state index >= 15 is 0 Å². The number of aromatic nitrogens is 1. The highest BCUT2D eigenvalue weighted by molar-refractivity contribution is 6.30. The molecular formula is C17H18ClN3O2. The Kier molecular flexibility index (Phi) is 3.83. The molecule has 6 heteroatoms. The molecular weight excluding hydrogens is 314 g/mol. The smallest absolute Gasteiger partial charge is 0.273 e. The maximum Gasteiger partial charge on any atom is 0.273 e. The molecule has 2 saturated heterocycles. The number of amides is 1. The quantitative estimate of drug-likeness (QED) is 0.907. The predicted octanol–water partition coefficient (Wildman–Crippen LogP) is 3.01. The van der Waals surface area contributed by atoms with Gasteiger partial charge in [-0.3, -0.25) is 4.79 Å². The number of piperidine rings is 1. The number of carbonyl (C=O) groups is 1. The Hall–Kier alpha value is -1.85. The van der Waals surface area contributed by atoms with Gasteiger partial charge < -0.3 is 15.2 Å². The SMILES string of the molecule is O=C(NC1CC2CCC(C1)N2)c1cc(-c2cccc(Cl)c2)on1. The van der Waals surface area contributed by atoms with E-state index in [1.54, 1.807) is 18.2 Å². The first-order chi connectivity index (χ1) is 11.2. The molecule has 2 aliphatic rings. The molecule has 1 aromatic carbocycles. The van der Waals surface area contributed by atoms with Gasteiger partial charge >= 0.3 is 0 Å². The van der Waals surface area contributed by atoms with Crippen molar-refractivity contribution in [2.45, 2.75) is 43.8 Å². The summed E-state index contributed by atoms with van der Waals surface area (Å²) in [6.45, 7) is 0. The Morgan fingerprint density at radius 2 is 2.04 bits per heavy atom. The standard InChI is InChI=1S/C17H18ClN3O2/c18-11-3-1-2-10(6-11)16-9-15(21-23-16)17(22)20-14-7-12-4-5-13(8-14)19-12/h1-3,6,9,12-14,19H,4-5,7-8H2,(H,20,22). The number of benzene rings is 1. The lowest BCUT2D eigenvalue weighted by molar-refractivity contribution is 0.0915. The fourth-order valence-electron chi connectivity index (χ4n) is 3.59. The summed E-state index contributed by atoms with van der Waals surface area (Å²) in [5.74, 6) is 0.372. The summed E-state index contributed by atoms with van der Waals surface area (Å²) in [6, 6.07) is 10.2. The first-order valence-corrected chi connectivity index (χ1v) is 8.35. The molecule has 0 spiro atoms. The summed E-state index contributed by atoms with van der Waals surface area (Å²) in [7, 11) is 0. The van der Waals surface area contributed by atoms with E-state index in [1.165, 1.54) is 12.8 Å². The third-order valence-electron chi connectivity index (χ3n) is 4.66. The largest absolute Gasteiger partial charge is 0.355 e. The van der Waals surface area contributed by atoms with Crippen LogP contribution in [0.25, 0.3) is 11.3 Å². The second kappa shape index (κ2) is 5.98. The number of rotatable bonds is 3. The fourth-order valence-corrected chi connectivity index (χ4v) is 3.78. The summed E-state index contributed by atoms with van der Waals surface area (Å²) >= 11 is 5.98. The minimum Gasteiger partial charge on any atom is -0.355 e. The van der Waals surface area contributed by atoms with E-state index in [1.807, 2.05) is 12.1 Å². The molecule has 120 valence electrons. The van der Waals surface area contributed by atoms with Crippen molar-refractivity contribution in [2.75, 3.05) is 0 Å². The van der Waals surface area contributed by atoms with Gasteiger partial charge in [0, 0.05) is 34.8 Å². The second-order valence-electron chi connectivity index (χ2n) is 6.37. The van der Waals surface area contributed by atoms with Crippen LogP contribution in [0.4, 0.5) is 0 Å². The number of hydrogen-bond donors (Lipinski definition) is 2. The Bertz CT molecular complexity index is 718. The van der Waals surface area contributed by atoms with Crippen LogP contribution in [0, 0.1) is 0 Å². The molecule has 23 heavy (non-hydrogen) atoms. The van der Waals surface area contributed by atoms with E-state index in [4.69, 9.17) is 16.1 Å². The molecule has 4 rings (SSSR count). The lowest BCUT2D eigenvalue weighted by atomic mass is 10.00. The van der Waals surface area contributed by atoms with E-state index in [0.717, 1.165) is 18.4 Å². The van der Waals surface area contributed by atoms with Gasteiger partial charge in [-0.05, 0) is 37.8 Å². The molecule has 1 amide bonds. The molecule has 5 nitrogen and oxygen atoms in total. The molecule has 0 saturated carbocycles. The van der Waals surface area contributed by atoms with Crippen molar-refractivity contribution < 1.29 is 9.32 Å². The zero-order chi connectivity index (χ0) is 15.8. The highest BCUT2D eigenvalue weighted by Crippen LogP contribution is 2.27. The molecule has 2 aliphatic heterocycles. The number of nitrogens with one attached hydrogen (secondary N) is 2. The van der Waals surface area contributed by atoms with Crippen molar-refractivity contribution in [3.8, 4) is 11.3 Å². The van der Waals surface area contributed by atoms with Crippen LogP contribution in [0.5, 0.6) is 0 Å². The van der Waals surface area contributed by atoms with Gasteiger partial charge in [0.05, 0.1) is 0 Å². The van der Waals surface area contributed by atoms with Gasteiger partial charge in [-0.1, -0.05) is 28.9 Å². The Morgan fingerprint density at radius 1 is 1.26 bits per heavy atom. The van der Waals surface area contributed by atoms with Crippen molar-refractivity contribution in [3.05, 3.63) is 41.0 Å². The number of halogens is 1. The highest BCUT2D eigenvalue weighted by Gasteiger charge is 2.34. The van der Waals surface area contributed by atoms with Crippen LogP contribution in [0.3, 0.4) is 0 Å². The van der Waals surface area contributed by atoms with E-state index < -0.39 is 0 Å². The summed E-state index contributed by atoms with van der Waals surface area (Å²) in [5, 5.41) is 11.2. The molecule has 2 N–H and O–H groups in total. The van der Waals surface area contributed by atoms with Gasteiger partial charge in [0.2, 0.25) is 0 Å². The van der Waals surface area contributed by atoms with E-state index in [9.17, 15) is 4.79 Å². The van der Waals surface area contributed by atoms with Gasteiger partial charge in [0.25, 0.3) is 5.91 Å². The van der Waals surface area contributed by atoms with Crippen LogP contribution in [0.1, 0.15) is 36.2 Å². The fraction of sp³-hybridized carbons (Fsp3) is 0.412. The van der Waals surface area contributed by atoms with Gasteiger partial charge in [-0.2, -0.15) is 0 Å². The van der Waals surface area contributed by atoms with Gasteiger partial charge in [-0.15, -0.1) is 0 Å². The van der Waals surface area contributed by atoms with E-state index in [-0.39, 0.29) is 11.9 Å². The molecule has 2 atom stereocenters. The number of fused-ring (bicyclic) bond motifs is 2. The zero-order valence-electron chi connectivity index (χ0n) is 12.6. The van der Waals surface area contributed by atoms with Crippen molar-refractivity contribution >= 4 is 17.5 Å². The highest BCUT2D eigenvalue weighted by atomic mass is 35.5. The summed E-state index contributed by atoms with van der Waals surface area (Å²) < 4.78 is 5.29. The van der Waals surface area contributed by atoms with Gasteiger partial charge in [0.15, 0.2) is 11.5 Å². The second-order valence-corrected chi connectivity index (χ2v) is 6.80. The molecule has 1 aromatic heterocycles. The van der Waals surface area contributed by atoms with Gasteiger partial charge in [-0.25, -0.2) is 0 Å². The number of nitrogens with zero attached hydrogens (tertiary/aromatic N) is 1. The molecule has 3 heterocycles. The van der Waals surface area contributed by atoms with Crippen LogP contribution in [-0.2, 0) is 0 Å². The van der Waals surface area contributed by atoms with Crippen LogP contribution < -0.4 is 10.6 Å². The predicted molar refractivity (Wildman–Crippen MR) is 87.4 cm³/mol. The third-order valence-corrected chi connectivity index (χ3v) is 4.90. The summed E-state index contributed by atoms with van der Waals surface area (Å²) in [4.78, 5) is 12.4. The molecule has 2 unspecified atom stereocenters. The maximum atomic E-state index is 12.4. The van der Waals surface area contributed by atoms with Crippen molar-refractivity contribution in [1.29, 1.82) is 0 Å². The lowest BCUT2D eigenvalue weighted by Crippen LogP contribution is -2.48. The molecule has 2 fully saturated rings. The maximum absolute atomic E-state index is 12.4. The normalized spacial score (nSPS) is 26.2. The van der Waals surface area contributed by atoms with Gasteiger partial charge in [0.1, 0.15) is 0 Å². The van der Waals surface area contributed by atoms with E-state index in [0.29, 0.717) is 28.6 Å². The molecule has 0 radical (unpaired) electrons. The lowest BCUT2D eigenvalue weighted by Gasteiger charge is -2.29. The summed E-state index contributed by atoms with van der Waals surface area (Å²) in [5.41, 5.74) is 1.12. The average Bonchev–Trinajstić information content (AvgIpc) is 3.14. The Balaban J connectivity index is 1.45. The molecule has 2 bridgehead atoms. The first kappa shape index (κ1) is 14.7. The number of hydrogen-bond acceptors (Lipinski definition) is 4. The first-order valence-electron chi connectivity index (χ1n) is 7.97. The van der Waals surface area contributed by atoms with Crippen LogP contribution in [0.2, 0.25) is 5.02 Å². The Labute approximate surface area is 139 Å². The topological polar surface area (TPSA) is 67.2 Å². The van der Waals surface area contributed by atoms with Crippen molar-refractivity contribution in [1.82, 2.24) is 15.8 Å². The number of carbonyl (C=O) groups excluding carboxylic acids is 1. The van der Waals surface area contributed by atoms with Crippen LogP contribution in [0.15, 0.2) is 34.9 Å². The minimum atomic E-state index is -0.173. The van der Waals surface area contributed by atoms with Crippen LogP contribution in [-0.4, -0.2) is 29.2 Å². The Morgan fingerprint density at radius 3 is 2.78 bits per heavy atom. The minimum absolute atomic E-state index is 0.173. The molecule has 2 aromatic rings. The van der Waals surface area contributed by atoms with E-state index in [2.05, 4.69) is 15.8 Å². The summed E-state index contributed by atoms with van der Waals surface area (Å²) in [6.07, 6.45) is 4.39. The average molecular weight is 332 g/mol. The monoisotopic (exact) mass is 331 g/mol. The zero-order valence-corrected chi connectivity index (χ0v) is 13.3. The van der Waals surface area contributed by atoms with Crippen molar-refractivity contribution in [2.24, 2.45) is 0 Å². The van der Waals surface area contributed by atoms with Crippen molar-refractivity contribution in [3.63, 3.8) is 0 Å². The third kappa shape index (κ3) is 3.12. The molecule has 0 aliphatic carbocycles.